The van der Waals surface area contributed by atoms with E-state index >= 15 is 0 Å². The van der Waals surface area contributed by atoms with Gasteiger partial charge in [0.05, 0.1) is 17.8 Å². The lowest BCUT2D eigenvalue weighted by atomic mass is 10.1. The predicted molar refractivity (Wildman–Crippen MR) is 111 cm³/mol. The average molecular weight is 483 g/mol. The zero-order valence-electron chi connectivity index (χ0n) is 14.4. The standard InChI is InChI=1S/C19H16ClIN2O3/c1-11-6-14(20)4-5-16(11)23-19(24)13(10-22)7-12-8-15(21)18(26-3)17(9-12)25-2/h4-9H,1-3H3,(H,23,24)/b13-7+. The maximum atomic E-state index is 12.5. The molecule has 1 amide bonds. The van der Waals surface area contributed by atoms with Gasteiger partial charge in [0.15, 0.2) is 11.5 Å². The highest BCUT2D eigenvalue weighted by Gasteiger charge is 2.14. The van der Waals surface area contributed by atoms with Crippen LogP contribution < -0.4 is 14.8 Å². The van der Waals surface area contributed by atoms with E-state index in [9.17, 15) is 10.1 Å². The van der Waals surface area contributed by atoms with Crippen molar-refractivity contribution in [3.63, 3.8) is 0 Å². The molecule has 2 aromatic rings. The Morgan fingerprint density at radius 1 is 1.27 bits per heavy atom. The normalized spacial score (nSPS) is 10.8. The number of nitrogens with zero attached hydrogens (tertiary/aromatic N) is 1. The Balaban J connectivity index is 2.34. The van der Waals surface area contributed by atoms with Gasteiger partial charge in [0.2, 0.25) is 0 Å². The first-order chi connectivity index (χ1) is 12.4. The molecular formula is C19H16ClIN2O3. The minimum atomic E-state index is -0.497. The molecule has 0 aromatic heterocycles. The number of halogens is 2. The molecule has 7 heteroatoms. The molecular weight excluding hydrogens is 467 g/mol. The number of anilines is 1. The number of methoxy groups -OCH3 is 2. The number of aryl methyl sites for hydroxylation is 1. The number of ether oxygens (including phenoxy) is 2. The molecule has 0 bridgehead atoms. The van der Waals surface area contributed by atoms with Gasteiger partial charge in [-0.05, 0) is 77.0 Å². The fraction of sp³-hybridized carbons (Fsp3) is 0.158. The van der Waals surface area contributed by atoms with E-state index in [0.717, 1.165) is 9.13 Å². The van der Waals surface area contributed by atoms with Crippen LogP contribution in [0.25, 0.3) is 6.08 Å². The predicted octanol–water partition coefficient (Wildman–Crippen LogP) is 4.82. The van der Waals surface area contributed by atoms with Crippen molar-refractivity contribution in [2.24, 2.45) is 0 Å². The summed E-state index contributed by atoms with van der Waals surface area (Å²) in [6.45, 7) is 1.83. The van der Waals surface area contributed by atoms with Crippen LogP contribution in [0.15, 0.2) is 35.9 Å². The number of benzene rings is 2. The van der Waals surface area contributed by atoms with E-state index in [-0.39, 0.29) is 5.57 Å². The van der Waals surface area contributed by atoms with Gasteiger partial charge < -0.3 is 14.8 Å². The van der Waals surface area contributed by atoms with Crippen molar-refractivity contribution in [3.05, 3.63) is 55.6 Å². The van der Waals surface area contributed by atoms with Crippen LogP contribution in [0.2, 0.25) is 5.02 Å². The van der Waals surface area contributed by atoms with Gasteiger partial charge in [0.25, 0.3) is 5.91 Å². The fourth-order valence-electron chi connectivity index (χ4n) is 2.29. The summed E-state index contributed by atoms with van der Waals surface area (Å²) in [5.74, 6) is 0.629. The Morgan fingerprint density at radius 2 is 2.00 bits per heavy atom. The smallest absolute Gasteiger partial charge is 0.266 e. The maximum Gasteiger partial charge on any atom is 0.266 e. The summed E-state index contributed by atoms with van der Waals surface area (Å²) in [4.78, 5) is 12.5. The Kier molecular flexibility index (Phi) is 6.89. The van der Waals surface area contributed by atoms with E-state index in [4.69, 9.17) is 21.1 Å². The van der Waals surface area contributed by atoms with E-state index in [0.29, 0.717) is 27.8 Å². The molecule has 0 heterocycles. The highest BCUT2D eigenvalue weighted by atomic mass is 127. The molecule has 1 N–H and O–H groups in total. The monoisotopic (exact) mass is 482 g/mol. The summed E-state index contributed by atoms with van der Waals surface area (Å²) < 4.78 is 11.4. The molecule has 0 fully saturated rings. The highest BCUT2D eigenvalue weighted by Crippen LogP contribution is 2.34. The lowest BCUT2D eigenvalue weighted by molar-refractivity contribution is -0.112. The van der Waals surface area contributed by atoms with Gasteiger partial charge in [-0.1, -0.05) is 11.6 Å². The van der Waals surface area contributed by atoms with E-state index in [2.05, 4.69) is 27.9 Å². The van der Waals surface area contributed by atoms with Crippen LogP contribution in [0.1, 0.15) is 11.1 Å². The van der Waals surface area contributed by atoms with Crippen LogP contribution in [0.5, 0.6) is 11.5 Å². The SMILES string of the molecule is COc1cc(/C=C(\C#N)C(=O)Nc2ccc(Cl)cc2C)cc(I)c1OC. The second kappa shape index (κ2) is 8.92. The molecule has 26 heavy (non-hydrogen) atoms. The number of carbonyl (C=O) groups excluding carboxylic acids is 1. The second-order valence-electron chi connectivity index (χ2n) is 5.32. The highest BCUT2D eigenvalue weighted by molar-refractivity contribution is 14.1. The summed E-state index contributed by atoms with van der Waals surface area (Å²) in [7, 11) is 3.08. The van der Waals surface area contributed by atoms with Gasteiger partial charge in [-0.2, -0.15) is 5.26 Å². The average Bonchev–Trinajstić information content (AvgIpc) is 2.61. The first kappa shape index (κ1) is 20.1. The first-order valence-electron chi connectivity index (χ1n) is 7.50. The third kappa shape index (κ3) is 4.68. The second-order valence-corrected chi connectivity index (χ2v) is 6.92. The summed E-state index contributed by atoms with van der Waals surface area (Å²) >= 11 is 8.03. The van der Waals surface area contributed by atoms with Crippen molar-refractivity contribution in [1.82, 2.24) is 0 Å². The molecule has 0 saturated carbocycles. The lowest BCUT2D eigenvalue weighted by Crippen LogP contribution is -2.14. The van der Waals surface area contributed by atoms with Crippen molar-refractivity contribution in [1.29, 1.82) is 5.26 Å². The minimum Gasteiger partial charge on any atom is -0.493 e. The van der Waals surface area contributed by atoms with Crippen LogP contribution in [0.3, 0.4) is 0 Å². The Hall–Kier alpha value is -2.24. The van der Waals surface area contributed by atoms with Crippen molar-refractivity contribution in [2.45, 2.75) is 6.92 Å². The molecule has 0 aliphatic heterocycles. The third-order valence-corrected chi connectivity index (χ3v) is 4.61. The number of carbonyl (C=O) groups is 1. The minimum absolute atomic E-state index is 0.0256. The molecule has 2 aromatic carbocycles. The number of nitrogens with one attached hydrogen (secondary N) is 1. The van der Waals surface area contributed by atoms with Crippen molar-refractivity contribution in [3.8, 4) is 17.6 Å². The number of hydrogen-bond acceptors (Lipinski definition) is 4. The molecule has 0 unspecified atom stereocenters. The van der Waals surface area contributed by atoms with Crippen molar-refractivity contribution >= 4 is 51.9 Å². The van der Waals surface area contributed by atoms with Gasteiger partial charge in [0.1, 0.15) is 11.6 Å². The van der Waals surface area contributed by atoms with Gasteiger partial charge >= 0.3 is 0 Å². The van der Waals surface area contributed by atoms with Gasteiger partial charge in [-0.25, -0.2) is 0 Å². The van der Waals surface area contributed by atoms with Gasteiger partial charge in [-0.3, -0.25) is 4.79 Å². The van der Waals surface area contributed by atoms with Crippen molar-refractivity contribution < 1.29 is 14.3 Å². The molecule has 0 aliphatic carbocycles. The van der Waals surface area contributed by atoms with E-state index in [1.807, 2.05) is 13.0 Å². The summed E-state index contributed by atoms with van der Waals surface area (Å²) in [6, 6.07) is 10.6. The molecule has 0 saturated heterocycles. The van der Waals surface area contributed by atoms with Crippen LogP contribution in [-0.4, -0.2) is 20.1 Å². The van der Waals surface area contributed by atoms with Crippen LogP contribution in [0, 0.1) is 21.8 Å². The van der Waals surface area contributed by atoms with Crippen molar-refractivity contribution in [2.75, 3.05) is 19.5 Å². The zero-order valence-corrected chi connectivity index (χ0v) is 17.3. The number of nitriles is 1. The van der Waals surface area contributed by atoms with E-state index in [1.165, 1.54) is 13.2 Å². The topological polar surface area (TPSA) is 71.3 Å². The van der Waals surface area contributed by atoms with Crippen LogP contribution in [0.4, 0.5) is 5.69 Å². The quantitative estimate of drug-likeness (QED) is 0.377. The summed E-state index contributed by atoms with van der Waals surface area (Å²) in [6.07, 6.45) is 1.50. The molecule has 5 nitrogen and oxygen atoms in total. The Morgan fingerprint density at radius 3 is 2.58 bits per heavy atom. The number of amides is 1. The summed E-state index contributed by atoms with van der Waals surface area (Å²) in [5.41, 5.74) is 2.04. The van der Waals surface area contributed by atoms with Gasteiger partial charge in [0, 0.05) is 10.7 Å². The van der Waals surface area contributed by atoms with Crippen LogP contribution >= 0.6 is 34.2 Å². The molecule has 0 spiro atoms. The Labute approximate surface area is 170 Å². The van der Waals surface area contributed by atoms with Gasteiger partial charge in [-0.15, -0.1) is 0 Å². The summed E-state index contributed by atoms with van der Waals surface area (Å²) in [5, 5.41) is 12.7. The lowest BCUT2D eigenvalue weighted by Gasteiger charge is -2.11. The fourth-order valence-corrected chi connectivity index (χ4v) is 3.37. The molecule has 2 rings (SSSR count). The van der Waals surface area contributed by atoms with E-state index in [1.54, 1.807) is 37.4 Å². The third-order valence-electron chi connectivity index (χ3n) is 3.57. The molecule has 134 valence electrons. The molecule has 0 aliphatic rings. The van der Waals surface area contributed by atoms with E-state index < -0.39 is 5.91 Å². The first-order valence-corrected chi connectivity index (χ1v) is 8.96. The molecule has 0 radical (unpaired) electrons. The number of hydrogen-bond donors (Lipinski definition) is 1. The zero-order chi connectivity index (χ0) is 19.3. The molecule has 0 atom stereocenters. The van der Waals surface area contributed by atoms with Crippen LogP contribution in [-0.2, 0) is 4.79 Å². The number of rotatable bonds is 5. The maximum absolute atomic E-state index is 12.5. The largest absolute Gasteiger partial charge is 0.493 e. The Bertz CT molecular complexity index is 920.